The molecule has 0 aromatic carbocycles. The van der Waals surface area contributed by atoms with Gasteiger partial charge in [0, 0.05) is 24.7 Å². The molecule has 15 heavy (non-hydrogen) atoms. The Kier molecular flexibility index (Phi) is 6.96. The molecule has 1 atom stereocenters. The van der Waals surface area contributed by atoms with Gasteiger partial charge < -0.3 is 15.8 Å². The number of amides is 1. The summed E-state index contributed by atoms with van der Waals surface area (Å²) in [6.45, 7) is 6.54. The molecule has 0 saturated carbocycles. The van der Waals surface area contributed by atoms with Crippen LogP contribution >= 0.6 is 11.8 Å². The van der Waals surface area contributed by atoms with E-state index in [0.29, 0.717) is 12.4 Å². The van der Waals surface area contributed by atoms with Crippen LogP contribution < -0.4 is 11.1 Å². The summed E-state index contributed by atoms with van der Waals surface area (Å²) in [5.74, 6) is 1.24. The van der Waals surface area contributed by atoms with E-state index in [2.05, 4.69) is 5.32 Å². The van der Waals surface area contributed by atoms with Crippen LogP contribution in [0.15, 0.2) is 0 Å². The van der Waals surface area contributed by atoms with Crippen LogP contribution in [0, 0.1) is 0 Å². The zero-order valence-corrected chi connectivity index (χ0v) is 10.8. The van der Waals surface area contributed by atoms with Crippen molar-refractivity contribution in [3.8, 4) is 0 Å². The van der Waals surface area contributed by atoms with Crippen LogP contribution in [0.1, 0.15) is 20.8 Å². The van der Waals surface area contributed by atoms with Crippen molar-refractivity contribution in [3.63, 3.8) is 0 Å². The molecule has 90 valence electrons. The van der Waals surface area contributed by atoms with E-state index in [0.717, 1.165) is 5.75 Å². The summed E-state index contributed by atoms with van der Waals surface area (Å²) in [6.07, 6.45) is 0. The molecule has 1 amide bonds. The standard InChI is InChI=1S/C10H22N2O2S/c1-8(2)12-10(3,9(11)13)7-15-6-5-14-4/h8,12H,5-7H2,1-4H3,(H2,11,13). The number of carbonyl (C=O) groups excluding carboxylic acids is 1. The third kappa shape index (κ3) is 6.02. The number of rotatable bonds is 8. The minimum Gasteiger partial charge on any atom is -0.384 e. The van der Waals surface area contributed by atoms with Crippen molar-refractivity contribution in [2.45, 2.75) is 32.4 Å². The lowest BCUT2D eigenvalue weighted by Crippen LogP contribution is -2.57. The van der Waals surface area contributed by atoms with Crippen LogP contribution in [0.2, 0.25) is 0 Å². The summed E-state index contributed by atoms with van der Waals surface area (Å²) < 4.78 is 4.94. The summed E-state index contributed by atoms with van der Waals surface area (Å²) in [7, 11) is 1.67. The van der Waals surface area contributed by atoms with Gasteiger partial charge in [0.05, 0.1) is 6.61 Å². The average molecular weight is 234 g/mol. The van der Waals surface area contributed by atoms with Crippen molar-refractivity contribution in [1.29, 1.82) is 0 Å². The Balaban J connectivity index is 4.08. The summed E-state index contributed by atoms with van der Waals surface area (Å²) in [5.41, 5.74) is 4.76. The highest BCUT2D eigenvalue weighted by Crippen LogP contribution is 2.13. The van der Waals surface area contributed by atoms with Gasteiger partial charge in [0.25, 0.3) is 0 Å². The first-order valence-electron chi connectivity index (χ1n) is 5.06. The second kappa shape index (κ2) is 7.09. The average Bonchev–Trinajstić information content (AvgIpc) is 2.11. The highest BCUT2D eigenvalue weighted by Gasteiger charge is 2.31. The van der Waals surface area contributed by atoms with Crippen molar-refractivity contribution in [1.82, 2.24) is 5.32 Å². The molecule has 0 heterocycles. The fraction of sp³-hybridized carbons (Fsp3) is 0.900. The van der Waals surface area contributed by atoms with Gasteiger partial charge in [-0.05, 0) is 20.8 Å². The molecule has 0 aliphatic rings. The first kappa shape index (κ1) is 14.7. The van der Waals surface area contributed by atoms with Crippen molar-refractivity contribution in [2.24, 2.45) is 5.73 Å². The number of primary amides is 1. The third-order valence-corrected chi connectivity index (χ3v) is 3.21. The summed E-state index contributed by atoms with van der Waals surface area (Å²) in [5, 5.41) is 3.20. The van der Waals surface area contributed by atoms with Gasteiger partial charge in [-0.2, -0.15) is 11.8 Å². The normalized spacial score (nSPS) is 15.3. The zero-order valence-electron chi connectivity index (χ0n) is 10.0. The number of hydrogen-bond donors (Lipinski definition) is 2. The lowest BCUT2D eigenvalue weighted by Gasteiger charge is -2.29. The number of methoxy groups -OCH3 is 1. The van der Waals surface area contributed by atoms with E-state index in [9.17, 15) is 4.79 Å². The van der Waals surface area contributed by atoms with Gasteiger partial charge in [-0.3, -0.25) is 4.79 Å². The molecule has 0 fully saturated rings. The van der Waals surface area contributed by atoms with Gasteiger partial charge in [0.1, 0.15) is 5.54 Å². The van der Waals surface area contributed by atoms with E-state index in [1.165, 1.54) is 0 Å². The Morgan fingerprint density at radius 3 is 2.60 bits per heavy atom. The van der Waals surface area contributed by atoms with Crippen LogP contribution in [0.25, 0.3) is 0 Å². The summed E-state index contributed by atoms with van der Waals surface area (Å²) in [4.78, 5) is 11.3. The van der Waals surface area contributed by atoms with Crippen molar-refractivity contribution in [3.05, 3.63) is 0 Å². The highest BCUT2D eigenvalue weighted by molar-refractivity contribution is 7.99. The Morgan fingerprint density at radius 2 is 2.20 bits per heavy atom. The van der Waals surface area contributed by atoms with Crippen molar-refractivity contribution >= 4 is 17.7 Å². The van der Waals surface area contributed by atoms with E-state index < -0.39 is 5.54 Å². The molecule has 0 bridgehead atoms. The molecule has 3 N–H and O–H groups in total. The fourth-order valence-electron chi connectivity index (χ4n) is 1.24. The van der Waals surface area contributed by atoms with E-state index in [4.69, 9.17) is 10.5 Å². The molecule has 1 unspecified atom stereocenters. The Labute approximate surface area is 96.3 Å². The quantitative estimate of drug-likeness (QED) is 0.604. The second-order valence-corrected chi connectivity index (χ2v) is 5.15. The van der Waals surface area contributed by atoms with Gasteiger partial charge in [-0.25, -0.2) is 0 Å². The number of thioether (sulfide) groups is 1. The minimum absolute atomic E-state index is 0.241. The first-order valence-corrected chi connectivity index (χ1v) is 6.22. The lowest BCUT2D eigenvalue weighted by atomic mass is 10.0. The molecule has 0 radical (unpaired) electrons. The monoisotopic (exact) mass is 234 g/mol. The van der Waals surface area contributed by atoms with Gasteiger partial charge >= 0.3 is 0 Å². The molecule has 0 saturated heterocycles. The molecule has 0 aromatic heterocycles. The predicted molar refractivity (Wildman–Crippen MR) is 65.1 cm³/mol. The van der Waals surface area contributed by atoms with Crippen molar-refractivity contribution in [2.75, 3.05) is 25.2 Å². The molecule has 0 rings (SSSR count). The minimum atomic E-state index is -0.632. The Morgan fingerprint density at radius 1 is 1.60 bits per heavy atom. The molecular weight excluding hydrogens is 212 g/mol. The molecule has 0 spiro atoms. The van der Waals surface area contributed by atoms with Crippen LogP contribution in [0.4, 0.5) is 0 Å². The second-order valence-electron chi connectivity index (χ2n) is 4.04. The van der Waals surface area contributed by atoms with Crippen LogP contribution in [0.5, 0.6) is 0 Å². The highest BCUT2D eigenvalue weighted by atomic mass is 32.2. The Bertz CT molecular complexity index is 200. The van der Waals surface area contributed by atoms with Crippen LogP contribution in [0.3, 0.4) is 0 Å². The molecule has 0 aromatic rings. The molecule has 4 nitrogen and oxygen atoms in total. The van der Waals surface area contributed by atoms with Gasteiger partial charge in [0.2, 0.25) is 5.91 Å². The maximum Gasteiger partial charge on any atom is 0.238 e. The number of carbonyl (C=O) groups is 1. The Hall–Kier alpha value is -0.260. The smallest absolute Gasteiger partial charge is 0.238 e. The molecule has 0 aliphatic heterocycles. The van der Waals surface area contributed by atoms with Crippen LogP contribution in [-0.2, 0) is 9.53 Å². The molecule has 0 aliphatic carbocycles. The maximum atomic E-state index is 11.3. The summed E-state index contributed by atoms with van der Waals surface area (Å²) >= 11 is 1.67. The number of nitrogens with one attached hydrogen (secondary N) is 1. The van der Waals surface area contributed by atoms with Crippen LogP contribution in [-0.4, -0.2) is 42.7 Å². The number of nitrogens with two attached hydrogens (primary N) is 1. The number of hydrogen-bond acceptors (Lipinski definition) is 4. The summed E-state index contributed by atoms with van der Waals surface area (Å²) in [6, 6.07) is 0.241. The predicted octanol–water partition coefficient (Wildman–Crippen LogP) is 0.608. The third-order valence-electron chi connectivity index (χ3n) is 1.97. The first-order chi connectivity index (χ1) is 6.92. The topological polar surface area (TPSA) is 64.3 Å². The largest absolute Gasteiger partial charge is 0.384 e. The maximum absolute atomic E-state index is 11.3. The molecular formula is C10H22N2O2S. The van der Waals surface area contributed by atoms with Gasteiger partial charge in [0.15, 0.2) is 0 Å². The molecule has 5 heteroatoms. The SMILES string of the molecule is COCCSCC(C)(NC(C)C)C(N)=O. The van der Waals surface area contributed by atoms with Gasteiger partial charge in [-0.15, -0.1) is 0 Å². The lowest BCUT2D eigenvalue weighted by molar-refractivity contribution is -0.123. The zero-order chi connectivity index (χ0) is 11.9. The fourth-order valence-corrected chi connectivity index (χ4v) is 2.30. The van der Waals surface area contributed by atoms with E-state index in [-0.39, 0.29) is 11.9 Å². The van der Waals surface area contributed by atoms with E-state index >= 15 is 0 Å². The number of ether oxygens (including phenoxy) is 1. The van der Waals surface area contributed by atoms with Crippen molar-refractivity contribution < 1.29 is 9.53 Å². The van der Waals surface area contributed by atoms with E-state index in [1.807, 2.05) is 20.8 Å². The van der Waals surface area contributed by atoms with E-state index in [1.54, 1.807) is 18.9 Å². The van der Waals surface area contributed by atoms with Gasteiger partial charge in [-0.1, -0.05) is 0 Å².